The number of methoxy groups -OCH3 is 1. The van der Waals surface area contributed by atoms with Crippen LogP contribution < -0.4 is 4.74 Å². The summed E-state index contributed by atoms with van der Waals surface area (Å²) < 4.78 is 28.2. The normalized spacial score (nSPS) is 11.4. The molecule has 0 atom stereocenters. The summed E-state index contributed by atoms with van der Waals surface area (Å²) in [6.45, 7) is 0. The Morgan fingerprint density at radius 1 is 1.29 bits per heavy atom. The van der Waals surface area contributed by atoms with Gasteiger partial charge in [0.05, 0.1) is 11.6 Å². The van der Waals surface area contributed by atoms with E-state index >= 15 is 0 Å². The van der Waals surface area contributed by atoms with Crippen LogP contribution in [0, 0.1) is 0 Å². The number of rotatable bonds is 2. The molecular formula is C7H5Br2ClO3S. The molecule has 0 aliphatic rings. The minimum atomic E-state index is -3.76. The Morgan fingerprint density at radius 2 is 1.86 bits per heavy atom. The van der Waals surface area contributed by atoms with E-state index in [0.29, 0.717) is 14.7 Å². The summed E-state index contributed by atoms with van der Waals surface area (Å²) in [4.78, 5) is -0.0146. The van der Waals surface area contributed by atoms with Crippen molar-refractivity contribution in [3.8, 4) is 5.75 Å². The zero-order chi connectivity index (χ0) is 10.9. The third kappa shape index (κ3) is 2.62. The van der Waals surface area contributed by atoms with E-state index in [-0.39, 0.29) is 4.90 Å². The van der Waals surface area contributed by atoms with E-state index in [9.17, 15) is 8.42 Å². The van der Waals surface area contributed by atoms with Crippen molar-refractivity contribution in [2.75, 3.05) is 7.11 Å². The lowest BCUT2D eigenvalue weighted by Gasteiger charge is -2.06. The van der Waals surface area contributed by atoms with Gasteiger partial charge in [-0.1, -0.05) is 0 Å². The maximum absolute atomic E-state index is 11.1. The van der Waals surface area contributed by atoms with E-state index in [2.05, 4.69) is 31.9 Å². The van der Waals surface area contributed by atoms with Gasteiger partial charge in [0, 0.05) is 21.2 Å². The van der Waals surface area contributed by atoms with Gasteiger partial charge >= 0.3 is 0 Å². The standard InChI is InChI=1S/C7H5Br2ClO3S/c1-13-6-3-7(14(10,11)12)5(9)2-4(6)8/h2-3H,1H3. The molecule has 0 fully saturated rings. The second-order valence-corrected chi connectivity index (χ2v) is 6.60. The fraction of sp³-hybridized carbons (Fsp3) is 0.143. The zero-order valence-corrected chi connectivity index (χ0v) is 11.7. The van der Waals surface area contributed by atoms with E-state index in [0.717, 1.165) is 0 Å². The molecule has 3 nitrogen and oxygen atoms in total. The number of benzene rings is 1. The largest absolute Gasteiger partial charge is 0.496 e. The van der Waals surface area contributed by atoms with Crippen LogP contribution in [0.3, 0.4) is 0 Å². The van der Waals surface area contributed by atoms with Crippen LogP contribution in [-0.2, 0) is 9.05 Å². The number of hydrogen-bond acceptors (Lipinski definition) is 3. The summed E-state index contributed by atoms with van der Waals surface area (Å²) in [5.41, 5.74) is 0. The maximum Gasteiger partial charge on any atom is 0.262 e. The summed E-state index contributed by atoms with van der Waals surface area (Å²) in [5.74, 6) is 0.410. The van der Waals surface area contributed by atoms with Crippen LogP contribution in [-0.4, -0.2) is 15.5 Å². The first kappa shape index (κ1) is 12.3. The molecule has 0 unspecified atom stereocenters. The average molecular weight is 364 g/mol. The second-order valence-electron chi connectivity index (χ2n) is 2.36. The predicted octanol–water partition coefficient (Wildman–Crippen LogP) is 3.15. The van der Waals surface area contributed by atoms with Crippen molar-refractivity contribution in [2.24, 2.45) is 0 Å². The van der Waals surface area contributed by atoms with Gasteiger partial charge in [0.25, 0.3) is 9.05 Å². The Kier molecular flexibility index (Phi) is 3.85. The van der Waals surface area contributed by atoms with Crippen molar-refractivity contribution in [3.05, 3.63) is 21.1 Å². The Balaban J connectivity index is 3.47. The number of hydrogen-bond donors (Lipinski definition) is 0. The van der Waals surface area contributed by atoms with Gasteiger partial charge in [-0.15, -0.1) is 0 Å². The van der Waals surface area contributed by atoms with Gasteiger partial charge in [-0.3, -0.25) is 0 Å². The van der Waals surface area contributed by atoms with Crippen LogP contribution in [0.25, 0.3) is 0 Å². The zero-order valence-electron chi connectivity index (χ0n) is 6.92. The van der Waals surface area contributed by atoms with Crippen molar-refractivity contribution < 1.29 is 13.2 Å². The maximum atomic E-state index is 11.1. The Labute approximate surface area is 103 Å². The van der Waals surface area contributed by atoms with Crippen molar-refractivity contribution in [1.82, 2.24) is 0 Å². The smallest absolute Gasteiger partial charge is 0.262 e. The van der Waals surface area contributed by atoms with Crippen molar-refractivity contribution in [1.29, 1.82) is 0 Å². The summed E-state index contributed by atoms with van der Waals surface area (Å²) in [7, 11) is 2.90. The number of halogens is 3. The molecule has 0 radical (unpaired) electrons. The van der Waals surface area contributed by atoms with Crippen molar-refractivity contribution >= 4 is 51.6 Å². The molecule has 0 saturated carbocycles. The lowest BCUT2D eigenvalue weighted by Crippen LogP contribution is -1.94. The molecule has 78 valence electrons. The fourth-order valence-corrected chi connectivity index (χ4v) is 3.85. The van der Waals surface area contributed by atoms with Crippen LogP contribution in [0.4, 0.5) is 0 Å². The van der Waals surface area contributed by atoms with Gasteiger partial charge in [-0.2, -0.15) is 0 Å². The summed E-state index contributed by atoms with van der Waals surface area (Å²) >= 11 is 6.31. The van der Waals surface area contributed by atoms with Gasteiger partial charge in [-0.05, 0) is 37.9 Å². The van der Waals surface area contributed by atoms with Crippen LogP contribution in [0.5, 0.6) is 5.75 Å². The molecule has 0 heterocycles. The van der Waals surface area contributed by atoms with Gasteiger partial charge in [0.15, 0.2) is 0 Å². The second kappa shape index (κ2) is 4.38. The first-order valence-corrected chi connectivity index (χ1v) is 7.23. The molecule has 7 heteroatoms. The first-order chi connectivity index (χ1) is 6.36. The SMILES string of the molecule is COc1cc(S(=O)(=O)Cl)c(Br)cc1Br. The summed E-state index contributed by atoms with van der Waals surface area (Å²) in [5, 5.41) is 0. The van der Waals surface area contributed by atoms with E-state index in [1.165, 1.54) is 13.2 Å². The highest BCUT2D eigenvalue weighted by atomic mass is 79.9. The van der Waals surface area contributed by atoms with Gasteiger partial charge in [0.1, 0.15) is 10.6 Å². The van der Waals surface area contributed by atoms with E-state index in [1.54, 1.807) is 6.07 Å². The molecule has 1 rings (SSSR count). The quantitative estimate of drug-likeness (QED) is 0.757. The monoisotopic (exact) mass is 362 g/mol. The van der Waals surface area contributed by atoms with Crippen molar-refractivity contribution in [3.63, 3.8) is 0 Å². The molecule has 0 bridgehead atoms. The Hall–Kier alpha value is 0.220. The predicted molar refractivity (Wildman–Crippen MR) is 61.4 cm³/mol. The molecule has 0 aliphatic carbocycles. The fourth-order valence-electron chi connectivity index (χ4n) is 0.854. The minimum Gasteiger partial charge on any atom is -0.496 e. The first-order valence-electron chi connectivity index (χ1n) is 3.34. The van der Waals surface area contributed by atoms with E-state index < -0.39 is 9.05 Å². The van der Waals surface area contributed by atoms with Crippen LogP contribution >= 0.6 is 42.5 Å². The van der Waals surface area contributed by atoms with Gasteiger partial charge in [0.2, 0.25) is 0 Å². The molecule has 14 heavy (non-hydrogen) atoms. The van der Waals surface area contributed by atoms with Crippen LogP contribution in [0.15, 0.2) is 26.0 Å². The minimum absolute atomic E-state index is 0.0146. The van der Waals surface area contributed by atoms with Gasteiger partial charge in [-0.25, -0.2) is 8.42 Å². The van der Waals surface area contributed by atoms with Crippen LogP contribution in [0.1, 0.15) is 0 Å². The Bertz CT molecular complexity index is 458. The van der Waals surface area contributed by atoms with E-state index in [1.807, 2.05) is 0 Å². The highest BCUT2D eigenvalue weighted by Crippen LogP contribution is 2.35. The third-order valence-electron chi connectivity index (χ3n) is 1.47. The van der Waals surface area contributed by atoms with E-state index in [4.69, 9.17) is 15.4 Å². The molecule has 1 aromatic carbocycles. The molecule has 0 amide bonds. The molecule has 1 aromatic rings. The molecule has 0 aliphatic heterocycles. The highest BCUT2D eigenvalue weighted by Gasteiger charge is 2.17. The summed E-state index contributed by atoms with van der Waals surface area (Å²) in [6.07, 6.45) is 0. The molecule has 0 saturated heterocycles. The Morgan fingerprint density at radius 3 is 2.29 bits per heavy atom. The number of ether oxygens (including phenoxy) is 1. The topological polar surface area (TPSA) is 43.4 Å². The van der Waals surface area contributed by atoms with Crippen LogP contribution in [0.2, 0.25) is 0 Å². The molecule has 0 N–H and O–H groups in total. The molecule has 0 aromatic heterocycles. The highest BCUT2D eigenvalue weighted by molar-refractivity contribution is 9.11. The average Bonchev–Trinajstić information content (AvgIpc) is 2.02. The lowest BCUT2D eigenvalue weighted by atomic mass is 10.3. The molecular weight excluding hydrogens is 359 g/mol. The summed E-state index contributed by atoms with van der Waals surface area (Å²) in [6, 6.07) is 2.91. The van der Waals surface area contributed by atoms with Gasteiger partial charge < -0.3 is 4.74 Å². The lowest BCUT2D eigenvalue weighted by molar-refractivity contribution is 0.410. The van der Waals surface area contributed by atoms with Crippen molar-refractivity contribution in [2.45, 2.75) is 4.90 Å². The molecule has 0 spiro atoms. The third-order valence-corrected chi connectivity index (χ3v) is 4.37.